The summed E-state index contributed by atoms with van der Waals surface area (Å²) in [4.78, 5) is 8.85. The predicted octanol–water partition coefficient (Wildman–Crippen LogP) is 2.62. The van der Waals surface area contributed by atoms with Crippen LogP contribution in [0.25, 0.3) is 11.0 Å². The third kappa shape index (κ3) is 2.05. The van der Waals surface area contributed by atoms with Crippen LogP contribution in [-0.2, 0) is 13.0 Å². The lowest BCUT2D eigenvalue weighted by Crippen LogP contribution is -2.08. The van der Waals surface area contributed by atoms with Crippen molar-refractivity contribution in [2.24, 2.45) is 0 Å². The first-order valence-corrected chi connectivity index (χ1v) is 6.43. The summed E-state index contributed by atoms with van der Waals surface area (Å²) in [5.74, 6) is 0.536. The minimum Gasteiger partial charge on any atom is -0.369 e. The van der Waals surface area contributed by atoms with E-state index in [2.05, 4.69) is 23.0 Å². The summed E-state index contributed by atoms with van der Waals surface area (Å²) in [5.41, 5.74) is 10.3. The van der Waals surface area contributed by atoms with Crippen LogP contribution in [0.15, 0.2) is 42.6 Å². The van der Waals surface area contributed by atoms with Crippen LogP contribution in [0.1, 0.15) is 18.2 Å². The molecule has 0 aliphatic rings. The zero-order chi connectivity index (χ0) is 13.2. The summed E-state index contributed by atoms with van der Waals surface area (Å²) >= 11 is 0. The highest BCUT2D eigenvalue weighted by Crippen LogP contribution is 2.19. The lowest BCUT2D eigenvalue weighted by atomic mass is 10.1. The fraction of sp³-hybridized carbons (Fsp3) is 0.200. The molecule has 1 aromatic carbocycles. The Labute approximate surface area is 111 Å². The van der Waals surface area contributed by atoms with E-state index in [9.17, 15) is 0 Å². The largest absolute Gasteiger partial charge is 0.369 e. The number of para-hydroxylation sites is 2. The third-order valence-corrected chi connectivity index (χ3v) is 3.36. The molecule has 0 fully saturated rings. The third-order valence-electron chi connectivity index (χ3n) is 3.36. The maximum Gasteiger partial charge on any atom is 0.201 e. The number of imidazole rings is 1. The van der Waals surface area contributed by atoms with Gasteiger partial charge in [-0.15, -0.1) is 0 Å². The molecule has 0 radical (unpaired) electrons. The molecule has 2 aromatic heterocycles. The fourth-order valence-electron chi connectivity index (χ4n) is 2.35. The number of rotatable bonds is 3. The number of fused-ring (bicyclic) bond motifs is 1. The van der Waals surface area contributed by atoms with Crippen molar-refractivity contribution in [2.45, 2.75) is 19.9 Å². The number of hydrogen-bond donors (Lipinski definition) is 1. The highest BCUT2D eigenvalue weighted by atomic mass is 15.2. The van der Waals surface area contributed by atoms with E-state index in [1.54, 1.807) is 0 Å². The van der Waals surface area contributed by atoms with E-state index in [4.69, 9.17) is 5.73 Å². The van der Waals surface area contributed by atoms with Gasteiger partial charge in [-0.3, -0.25) is 4.98 Å². The zero-order valence-electron chi connectivity index (χ0n) is 10.9. The monoisotopic (exact) mass is 252 g/mol. The molecule has 96 valence electrons. The van der Waals surface area contributed by atoms with Crippen LogP contribution in [0.5, 0.6) is 0 Å². The Balaban J connectivity index is 2.08. The second-order valence-electron chi connectivity index (χ2n) is 4.51. The van der Waals surface area contributed by atoms with Crippen molar-refractivity contribution in [2.75, 3.05) is 5.73 Å². The standard InChI is InChI=1S/C15H16N4/c1-2-11-6-5-9-17-13(11)10-19-14-8-4-3-7-12(14)18-15(19)16/h3-9H,2,10H2,1H3,(H2,16,18). The number of benzene rings is 1. The second kappa shape index (κ2) is 4.72. The summed E-state index contributed by atoms with van der Waals surface area (Å²) in [7, 11) is 0. The molecule has 0 amide bonds. The SMILES string of the molecule is CCc1cccnc1Cn1c(N)nc2ccccc21. The average Bonchev–Trinajstić information content (AvgIpc) is 2.76. The molecule has 2 N–H and O–H groups in total. The summed E-state index contributed by atoms with van der Waals surface area (Å²) in [6.45, 7) is 2.80. The van der Waals surface area contributed by atoms with E-state index in [1.807, 2.05) is 41.1 Å². The van der Waals surface area contributed by atoms with Crippen LogP contribution in [0.3, 0.4) is 0 Å². The number of nitrogen functional groups attached to an aromatic ring is 1. The van der Waals surface area contributed by atoms with Gasteiger partial charge in [-0.05, 0) is 30.2 Å². The number of nitrogens with zero attached hydrogens (tertiary/aromatic N) is 3. The number of anilines is 1. The minimum absolute atomic E-state index is 0.536. The van der Waals surface area contributed by atoms with E-state index in [0.717, 1.165) is 23.1 Å². The topological polar surface area (TPSA) is 56.7 Å². The molecule has 0 spiro atoms. The highest BCUT2D eigenvalue weighted by molar-refractivity contribution is 5.78. The number of hydrogen-bond acceptors (Lipinski definition) is 3. The number of aromatic nitrogens is 3. The molecule has 0 saturated heterocycles. The molecule has 4 nitrogen and oxygen atoms in total. The van der Waals surface area contributed by atoms with Crippen molar-refractivity contribution in [3.63, 3.8) is 0 Å². The number of pyridine rings is 1. The van der Waals surface area contributed by atoms with Gasteiger partial charge in [0.15, 0.2) is 0 Å². The molecule has 0 bridgehead atoms. The van der Waals surface area contributed by atoms with Crippen LogP contribution in [0.2, 0.25) is 0 Å². The van der Waals surface area contributed by atoms with Gasteiger partial charge in [0.05, 0.1) is 23.3 Å². The lowest BCUT2D eigenvalue weighted by molar-refractivity contribution is 0.793. The van der Waals surface area contributed by atoms with Crippen molar-refractivity contribution in [1.82, 2.24) is 14.5 Å². The van der Waals surface area contributed by atoms with Crippen molar-refractivity contribution < 1.29 is 0 Å². The molecule has 0 aliphatic carbocycles. The summed E-state index contributed by atoms with van der Waals surface area (Å²) in [6.07, 6.45) is 2.79. The molecule has 3 aromatic rings. The fourth-order valence-corrected chi connectivity index (χ4v) is 2.35. The van der Waals surface area contributed by atoms with Crippen molar-refractivity contribution >= 4 is 17.0 Å². The molecule has 0 unspecified atom stereocenters. The van der Waals surface area contributed by atoms with Gasteiger partial charge in [0.25, 0.3) is 0 Å². The van der Waals surface area contributed by atoms with E-state index in [-0.39, 0.29) is 0 Å². The minimum atomic E-state index is 0.536. The summed E-state index contributed by atoms with van der Waals surface area (Å²) in [5, 5.41) is 0. The van der Waals surface area contributed by atoms with Crippen molar-refractivity contribution in [3.05, 3.63) is 53.9 Å². The van der Waals surface area contributed by atoms with E-state index in [0.29, 0.717) is 12.5 Å². The Hall–Kier alpha value is -2.36. The normalized spacial score (nSPS) is 11.0. The Morgan fingerprint density at radius 3 is 2.84 bits per heavy atom. The Morgan fingerprint density at radius 2 is 2.00 bits per heavy atom. The van der Waals surface area contributed by atoms with E-state index in [1.165, 1.54) is 5.56 Å². The molecule has 4 heteroatoms. The maximum atomic E-state index is 6.02. The van der Waals surface area contributed by atoms with Gasteiger partial charge < -0.3 is 10.3 Å². The predicted molar refractivity (Wildman–Crippen MR) is 76.9 cm³/mol. The van der Waals surface area contributed by atoms with Crippen LogP contribution in [0.4, 0.5) is 5.95 Å². The molecular formula is C15H16N4. The van der Waals surface area contributed by atoms with Crippen LogP contribution >= 0.6 is 0 Å². The highest BCUT2D eigenvalue weighted by Gasteiger charge is 2.10. The smallest absolute Gasteiger partial charge is 0.201 e. The molecule has 0 aliphatic heterocycles. The quantitative estimate of drug-likeness (QED) is 0.779. The first-order chi connectivity index (χ1) is 9.29. The summed E-state index contributed by atoms with van der Waals surface area (Å²) in [6, 6.07) is 12.1. The molecule has 0 saturated carbocycles. The van der Waals surface area contributed by atoms with E-state index >= 15 is 0 Å². The molecule has 19 heavy (non-hydrogen) atoms. The van der Waals surface area contributed by atoms with Crippen LogP contribution < -0.4 is 5.73 Å². The molecule has 2 heterocycles. The Bertz CT molecular complexity index is 715. The van der Waals surface area contributed by atoms with Gasteiger partial charge in [0.2, 0.25) is 5.95 Å². The lowest BCUT2D eigenvalue weighted by Gasteiger charge is -2.09. The van der Waals surface area contributed by atoms with Crippen LogP contribution in [-0.4, -0.2) is 14.5 Å². The maximum absolute atomic E-state index is 6.02. The van der Waals surface area contributed by atoms with Gasteiger partial charge in [-0.1, -0.05) is 25.1 Å². The van der Waals surface area contributed by atoms with Crippen LogP contribution in [0, 0.1) is 0 Å². The second-order valence-corrected chi connectivity index (χ2v) is 4.51. The van der Waals surface area contributed by atoms with Gasteiger partial charge >= 0.3 is 0 Å². The average molecular weight is 252 g/mol. The number of nitrogens with two attached hydrogens (primary N) is 1. The molecular weight excluding hydrogens is 236 g/mol. The molecule has 0 atom stereocenters. The first-order valence-electron chi connectivity index (χ1n) is 6.43. The Kier molecular flexibility index (Phi) is 2.91. The zero-order valence-corrected chi connectivity index (χ0v) is 10.9. The number of aryl methyl sites for hydroxylation is 1. The van der Waals surface area contributed by atoms with Crippen molar-refractivity contribution in [3.8, 4) is 0 Å². The van der Waals surface area contributed by atoms with Gasteiger partial charge in [-0.2, -0.15) is 0 Å². The van der Waals surface area contributed by atoms with Gasteiger partial charge in [0, 0.05) is 6.20 Å². The van der Waals surface area contributed by atoms with Gasteiger partial charge in [-0.25, -0.2) is 4.98 Å². The van der Waals surface area contributed by atoms with E-state index < -0.39 is 0 Å². The Morgan fingerprint density at radius 1 is 1.16 bits per heavy atom. The molecule has 3 rings (SSSR count). The summed E-state index contributed by atoms with van der Waals surface area (Å²) < 4.78 is 2.01. The van der Waals surface area contributed by atoms with Gasteiger partial charge in [0.1, 0.15) is 0 Å². The van der Waals surface area contributed by atoms with Crippen molar-refractivity contribution in [1.29, 1.82) is 0 Å². The first kappa shape index (κ1) is 11.7.